The average molecular weight is 478 g/mol. The highest BCUT2D eigenvalue weighted by Crippen LogP contribution is 2.37. The van der Waals surface area contributed by atoms with Crippen LogP contribution in [-0.2, 0) is 18.4 Å². The van der Waals surface area contributed by atoms with E-state index in [0.717, 1.165) is 49.8 Å². The maximum absolute atomic E-state index is 13.5. The molecule has 0 unspecified atom stereocenters. The van der Waals surface area contributed by atoms with Crippen molar-refractivity contribution < 1.29 is 14.4 Å². The number of hydrogen-bond donors (Lipinski definition) is 0. The van der Waals surface area contributed by atoms with E-state index in [9.17, 15) is 14.4 Å². The Morgan fingerprint density at radius 2 is 1.74 bits per heavy atom. The Hall–Kier alpha value is -3.16. The Balaban J connectivity index is 1.26. The SMILES string of the molecule is CN(Cc1cnn(C)c1)C(=O)C1CCN(c2cccc3c2C(=O)N(C2CCCCCC2)C3=O)CC1. The summed E-state index contributed by atoms with van der Waals surface area (Å²) < 4.78 is 1.74. The smallest absolute Gasteiger partial charge is 0.263 e. The molecule has 0 atom stereocenters. The van der Waals surface area contributed by atoms with Gasteiger partial charge in [0, 0.05) is 57.4 Å². The molecule has 186 valence electrons. The zero-order valence-corrected chi connectivity index (χ0v) is 20.8. The highest BCUT2D eigenvalue weighted by molar-refractivity contribution is 6.24. The van der Waals surface area contributed by atoms with E-state index >= 15 is 0 Å². The number of amides is 3. The Labute approximate surface area is 206 Å². The third kappa shape index (κ3) is 4.58. The number of hydrogen-bond acceptors (Lipinski definition) is 5. The number of imide groups is 1. The molecule has 8 nitrogen and oxygen atoms in total. The molecule has 0 radical (unpaired) electrons. The lowest BCUT2D eigenvalue weighted by Crippen LogP contribution is -2.42. The van der Waals surface area contributed by atoms with Gasteiger partial charge in [-0.2, -0.15) is 5.10 Å². The fraction of sp³-hybridized carbons (Fsp3) is 0.556. The number of anilines is 1. The van der Waals surface area contributed by atoms with Crippen LogP contribution in [0.25, 0.3) is 0 Å². The van der Waals surface area contributed by atoms with Crippen molar-refractivity contribution >= 4 is 23.4 Å². The van der Waals surface area contributed by atoms with Gasteiger partial charge in [0.2, 0.25) is 5.91 Å². The number of rotatable bonds is 5. The molecule has 1 saturated heterocycles. The van der Waals surface area contributed by atoms with Crippen molar-refractivity contribution in [3.63, 3.8) is 0 Å². The standard InChI is InChI=1S/C27H35N5O3/c1-29(17-19-16-28-30(2)18-19)25(33)20-12-14-31(15-13-20)23-11-7-10-22-24(23)27(35)32(26(22)34)21-8-5-3-4-6-9-21/h7,10-11,16,18,20-21H,3-6,8-9,12-15,17H2,1-2H3. The molecule has 1 aromatic heterocycles. The first-order valence-electron chi connectivity index (χ1n) is 12.9. The van der Waals surface area contributed by atoms with Gasteiger partial charge in [0.05, 0.1) is 23.0 Å². The van der Waals surface area contributed by atoms with Crippen LogP contribution in [-0.4, -0.2) is 63.5 Å². The quantitative estimate of drug-likeness (QED) is 0.486. The van der Waals surface area contributed by atoms with E-state index in [1.807, 2.05) is 32.4 Å². The molecule has 2 aromatic rings. The molecule has 0 bridgehead atoms. The zero-order chi connectivity index (χ0) is 24.5. The first kappa shape index (κ1) is 23.6. The molecule has 35 heavy (non-hydrogen) atoms. The molecule has 8 heteroatoms. The number of benzene rings is 1. The molecular formula is C27H35N5O3. The third-order valence-corrected chi connectivity index (χ3v) is 7.85. The van der Waals surface area contributed by atoms with Gasteiger partial charge in [0.15, 0.2) is 0 Å². The van der Waals surface area contributed by atoms with Crippen molar-refractivity contribution in [1.82, 2.24) is 19.6 Å². The topological polar surface area (TPSA) is 78.8 Å². The fourth-order valence-corrected chi connectivity index (χ4v) is 5.98. The van der Waals surface area contributed by atoms with E-state index in [2.05, 4.69) is 10.00 Å². The van der Waals surface area contributed by atoms with E-state index in [-0.39, 0.29) is 29.7 Å². The number of carbonyl (C=O) groups is 3. The summed E-state index contributed by atoms with van der Waals surface area (Å²) in [6.45, 7) is 1.93. The van der Waals surface area contributed by atoms with Gasteiger partial charge in [-0.15, -0.1) is 0 Å². The summed E-state index contributed by atoms with van der Waals surface area (Å²) in [5.74, 6) is -0.162. The predicted octanol–water partition coefficient (Wildman–Crippen LogP) is 3.61. The zero-order valence-electron chi connectivity index (χ0n) is 20.8. The van der Waals surface area contributed by atoms with Crippen LogP contribution in [0, 0.1) is 5.92 Å². The fourth-order valence-electron chi connectivity index (χ4n) is 5.98. The molecule has 0 spiro atoms. The summed E-state index contributed by atoms with van der Waals surface area (Å²) in [5, 5.41) is 4.18. The first-order valence-corrected chi connectivity index (χ1v) is 12.9. The molecule has 3 aliphatic rings. The van der Waals surface area contributed by atoms with Crippen molar-refractivity contribution in [2.75, 3.05) is 25.0 Å². The van der Waals surface area contributed by atoms with Crippen molar-refractivity contribution in [2.24, 2.45) is 13.0 Å². The Kier molecular flexibility index (Phi) is 6.62. The van der Waals surface area contributed by atoms with Crippen molar-refractivity contribution in [1.29, 1.82) is 0 Å². The van der Waals surface area contributed by atoms with Crippen molar-refractivity contribution in [3.05, 3.63) is 47.3 Å². The Morgan fingerprint density at radius 1 is 1.03 bits per heavy atom. The molecule has 3 amide bonds. The average Bonchev–Trinajstić information content (AvgIpc) is 3.25. The monoisotopic (exact) mass is 477 g/mol. The Bertz CT molecular complexity index is 1110. The second-order valence-electron chi connectivity index (χ2n) is 10.3. The van der Waals surface area contributed by atoms with Gasteiger partial charge in [-0.25, -0.2) is 0 Å². The van der Waals surface area contributed by atoms with E-state index in [4.69, 9.17) is 0 Å². The van der Waals surface area contributed by atoms with Crippen LogP contribution in [0.5, 0.6) is 0 Å². The molecule has 2 fully saturated rings. The molecule has 2 aliphatic heterocycles. The minimum absolute atomic E-state index is 0.0106. The van der Waals surface area contributed by atoms with Gasteiger partial charge in [0.1, 0.15) is 0 Å². The summed E-state index contributed by atoms with van der Waals surface area (Å²) >= 11 is 0. The summed E-state index contributed by atoms with van der Waals surface area (Å²) in [5.41, 5.74) is 2.94. The molecule has 1 aromatic carbocycles. The summed E-state index contributed by atoms with van der Waals surface area (Å²) in [6.07, 6.45) is 11.5. The predicted molar refractivity (Wildman–Crippen MR) is 133 cm³/mol. The second kappa shape index (κ2) is 9.84. The van der Waals surface area contributed by atoms with E-state index in [0.29, 0.717) is 30.8 Å². The minimum Gasteiger partial charge on any atom is -0.371 e. The van der Waals surface area contributed by atoms with Crippen LogP contribution in [0.15, 0.2) is 30.6 Å². The maximum Gasteiger partial charge on any atom is 0.263 e. The second-order valence-corrected chi connectivity index (χ2v) is 10.3. The van der Waals surface area contributed by atoms with Crippen LogP contribution >= 0.6 is 0 Å². The number of carbonyl (C=O) groups excluding carboxylic acids is 3. The number of nitrogens with zero attached hydrogens (tertiary/aromatic N) is 5. The normalized spacial score (nSPS) is 19.7. The first-order chi connectivity index (χ1) is 16.9. The number of fused-ring (bicyclic) bond motifs is 1. The van der Waals surface area contributed by atoms with E-state index in [1.54, 1.807) is 26.7 Å². The van der Waals surface area contributed by atoms with Gasteiger partial charge in [-0.1, -0.05) is 31.7 Å². The summed E-state index contributed by atoms with van der Waals surface area (Å²) in [6, 6.07) is 5.64. The Morgan fingerprint density at radius 3 is 2.40 bits per heavy atom. The molecular weight excluding hydrogens is 442 g/mol. The van der Waals surface area contributed by atoms with Crippen LogP contribution < -0.4 is 4.90 Å². The van der Waals surface area contributed by atoms with Gasteiger partial charge in [-0.05, 0) is 37.8 Å². The summed E-state index contributed by atoms with van der Waals surface area (Å²) in [7, 11) is 3.72. The lowest BCUT2D eigenvalue weighted by molar-refractivity contribution is -0.135. The van der Waals surface area contributed by atoms with Gasteiger partial charge in [-0.3, -0.25) is 24.0 Å². The molecule has 5 rings (SSSR count). The van der Waals surface area contributed by atoms with E-state index < -0.39 is 0 Å². The number of piperidine rings is 1. The van der Waals surface area contributed by atoms with Crippen LogP contribution in [0.1, 0.15) is 77.6 Å². The highest BCUT2D eigenvalue weighted by atomic mass is 16.2. The number of aryl methyl sites for hydroxylation is 1. The van der Waals surface area contributed by atoms with Gasteiger partial charge < -0.3 is 9.80 Å². The maximum atomic E-state index is 13.5. The van der Waals surface area contributed by atoms with Crippen LogP contribution in [0.3, 0.4) is 0 Å². The van der Waals surface area contributed by atoms with E-state index in [1.165, 1.54) is 12.8 Å². The molecule has 0 N–H and O–H groups in total. The molecule has 1 saturated carbocycles. The largest absolute Gasteiger partial charge is 0.371 e. The van der Waals surface area contributed by atoms with Gasteiger partial charge in [0.25, 0.3) is 11.8 Å². The highest BCUT2D eigenvalue weighted by Gasteiger charge is 2.42. The minimum atomic E-state index is -0.138. The van der Waals surface area contributed by atoms with Crippen LogP contribution in [0.2, 0.25) is 0 Å². The van der Waals surface area contributed by atoms with Gasteiger partial charge >= 0.3 is 0 Å². The summed E-state index contributed by atoms with van der Waals surface area (Å²) in [4.78, 5) is 45.4. The van der Waals surface area contributed by atoms with Crippen molar-refractivity contribution in [3.8, 4) is 0 Å². The lowest BCUT2D eigenvalue weighted by atomic mass is 9.94. The van der Waals surface area contributed by atoms with Crippen molar-refractivity contribution in [2.45, 2.75) is 64.0 Å². The molecule has 3 heterocycles. The van der Waals surface area contributed by atoms with Crippen LogP contribution in [0.4, 0.5) is 5.69 Å². The third-order valence-electron chi connectivity index (χ3n) is 7.85. The lowest BCUT2D eigenvalue weighted by Gasteiger charge is -2.35. The number of aromatic nitrogens is 2. The molecule has 1 aliphatic carbocycles.